The largest absolute Gasteiger partial charge is 0.339 e. The molecule has 20 heavy (non-hydrogen) atoms. The zero-order valence-corrected chi connectivity index (χ0v) is 11.1. The van der Waals surface area contributed by atoms with E-state index in [2.05, 4.69) is 4.98 Å². The number of carbonyl (C=O) groups is 2. The summed E-state index contributed by atoms with van der Waals surface area (Å²) in [5, 5.41) is 0. The number of hydrogen-bond donors (Lipinski definition) is 0. The zero-order chi connectivity index (χ0) is 14.1. The van der Waals surface area contributed by atoms with Crippen molar-refractivity contribution >= 4 is 11.8 Å². The molecule has 6 heteroatoms. The number of carbonyl (C=O) groups excluding carboxylic acids is 2. The van der Waals surface area contributed by atoms with Gasteiger partial charge in [-0.15, -0.1) is 0 Å². The molecule has 1 aliphatic carbocycles. The summed E-state index contributed by atoms with van der Waals surface area (Å²) < 4.78 is 13.0. The van der Waals surface area contributed by atoms with E-state index in [1.165, 1.54) is 12.3 Å². The van der Waals surface area contributed by atoms with Crippen molar-refractivity contribution in [3.63, 3.8) is 0 Å². The van der Waals surface area contributed by atoms with Crippen molar-refractivity contribution in [2.45, 2.75) is 12.8 Å². The van der Waals surface area contributed by atoms with E-state index in [0.717, 1.165) is 18.9 Å². The molecular formula is C14H16FN3O2. The molecule has 1 saturated heterocycles. The van der Waals surface area contributed by atoms with E-state index >= 15 is 0 Å². The second kappa shape index (κ2) is 5.19. The van der Waals surface area contributed by atoms with Gasteiger partial charge in [0.2, 0.25) is 11.9 Å². The van der Waals surface area contributed by atoms with Crippen molar-refractivity contribution in [1.29, 1.82) is 0 Å². The van der Waals surface area contributed by atoms with Gasteiger partial charge >= 0.3 is 0 Å². The standard InChI is InChI=1S/C14H16FN3O2/c15-12-9-11(3-4-16-12)14(20)18-7-5-17(6-8-18)13(19)10-1-2-10/h3-4,9-10H,1-2,5-8H2. The van der Waals surface area contributed by atoms with Crippen molar-refractivity contribution in [3.05, 3.63) is 29.8 Å². The first-order chi connectivity index (χ1) is 9.65. The van der Waals surface area contributed by atoms with Crippen LogP contribution in [0.25, 0.3) is 0 Å². The molecule has 1 aromatic heterocycles. The zero-order valence-electron chi connectivity index (χ0n) is 11.1. The molecule has 2 fully saturated rings. The fraction of sp³-hybridized carbons (Fsp3) is 0.500. The average molecular weight is 277 g/mol. The quantitative estimate of drug-likeness (QED) is 0.755. The molecule has 1 saturated carbocycles. The summed E-state index contributed by atoms with van der Waals surface area (Å²) in [5.41, 5.74) is 0.305. The summed E-state index contributed by atoms with van der Waals surface area (Å²) in [6, 6.07) is 2.65. The highest BCUT2D eigenvalue weighted by Crippen LogP contribution is 2.31. The van der Waals surface area contributed by atoms with E-state index in [-0.39, 0.29) is 17.7 Å². The van der Waals surface area contributed by atoms with Gasteiger partial charge in [-0.2, -0.15) is 4.39 Å². The lowest BCUT2D eigenvalue weighted by Gasteiger charge is -2.35. The minimum Gasteiger partial charge on any atom is -0.339 e. The maximum Gasteiger partial charge on any atom is 0.254 e. The average Bonchev–Trinajstić information content (AvgIpc) is 3.30. The molecule has 5 nitrogen and oxygen atoms in total. The second-order valence-corrected chi connectivity index (χ2v) is 5.26. The van der Waals surface area contributed by atoms with Crippen LogP contribution < -0.4 is 0 Å². The van der Waals surface area contributed by atoms with Crippen molar-refractivity contribution in [2.24, 2.45) is 5.92 Å². The molecule has 1 aromatic rings. The predicted octanol–water partition coefficient (Wildman–Crippen LogP) is 0.915. The van der Waals surface area contributed by atoms with Gasteiger partial charge in [0.25, 0.3) is 5.91 Å². The smallest absolute Gasteiger partial charge is 0.254 e. The van der Waals surface area contributed by atoms with Crippen LogP contribution in [-0.2, 0) is 4.79 Å². The third-order valence-corrected chi connectivity index (χ3v) is 3.78. The van der Waals surface area contributed by atoms with Crippen LogP contribution in [0.1, 0.15) is 23.2 Å². The minimum atomic E-state index is -0.654. The summed E-state index contributed by atoms with van der Waals surface area (Å²) in [6.07, 6.45) is 3.28. The van der Waals surface area contributed by atoms with Gasteiger partial charge in [0.05, 0.1) is 0 Å². The number of rotatable bonds is 2. The van der Waals surface area contributed by atoms with Gasteiger partial charge in [-0.1, -0.05) is 0 Å². The van der Waals surface area contributed by atoms with Gasteiger partial charge in [0, 0.05) is 49.9 Å². The number of aromatic nitrogens is 1. The maximum absolute atomic E-state index is 13.0. The SMILES string of the molecule is O=C(c1ccnc(F)c1)N1CCN(C(=O)C2CC2)CC1. The summed E-state index contributed by atoms with van der Waals surface area (Å²) in [5.74, 6) is -0.429. The summed E-state index contributed by atoms with van der Waals surface area (Å²) in [4.78, 5) is 31.0. The number of amides is 2. The molecule has 1 aliphatic heterocycles. The number of nitrogens with zero attached hydrogens (tertiary/aromatic N) is 3. The monoisotopic (exact) mass is 277 g/mol. The van der Waals surface area contributed by atoms with Crippen LogP contribution in [0.2, 0.25) is 0 Å². The predicted molar refractivity (Wildman–Crippen MR) is 69.4 cm³/mol. The Labute approximate surface area is 116 Å². The van der Waals surface area contributed by atoms with Crippen LogP contribution in [0, 0.1) is 11.9 Å². The molecule has 0 N–H and O–H groups in total. The first-order valence-corrected chi connectivity index (χ1v) is 6.85. The van der Waals surface area contributed by atoms with Gasteiger partial charge in [-0.25, -0.2) is 4.98 Å². The molecular weight excluding hydrogens is 261 g/mol. The Morgan fingerprint density at radius 2 is 1.80 bits per heavy atom. The Morgan fingerprint density at radius 1 is 1.15 bits per heavy atom. The number of halogens is 1. The molecule has 0 bridgehead atoms. The van der Waals surface area contributed by atoms with Crippen LogP contribution >= 0.6 is 0 Å². The summed E-state index contributed by atoms with van der Waals surface area (Å²) in [7, 11) is 0. The molecule has 0 unspecified atom stereocenters. The third-order valence-electron chi connectivity index (χ3n) is 3.78. The molecule has 2 amide bonds. The second-order valence-electron chi connectivity index (χ2n) is 5.26. The van der Waals surface area contributed by atoms with E-state index in [0.29, 0.717) is 31.7 Å². The molecule has 2 heterocycles. The summed E-state index contributed by atoms with van der Waals surface area (Å²) in [6.45, 7) is 2.13. The summed E-state index contributed by atoms with van der Waals surface area (Å²) >= 11 is 0. The number of piperazine rings is 1. The van der Waals surface area contributed by atoms with E-state index in [1.54, 1.807) is 4.90 Å². The van der Waals surface area contributed by atoms with E-state index in [4.69, 9.17) is 0 Å². The van der Waals surface area contributed by atoms with Crippen LogP contribution in [0.4, 0.5) is 4.39 Å². The first-order valence-electron chi connectivity index (χ1n) is 6.85. The van der Waals surface area contributed by atoms with E-state index in [1.807, 2.05) is 4.90 Å². The molecule has 0 spiro atoms. The molecule has 0 atom stereocenters. The maximum atomic E-state index is 13.0. The lowest BCUT2D eigenvalue weighted by molar-refractivity contribution is -0.134. The van der Waals surface area contributed by atoms with E-state index < -0.39 is 5.95 Å². The van der Waals surface area contributed by atoms with Gasteiger partial charge in [0.15, 0.2) is 0 Å². The topological polar surface area (TPSA) is 53.5 Å². The van der Waals surface area contributed by atoms with Crippen molar-refractivity contribution in [3.8, 4) is 0 Å². The van der Waals surface area contributed by atoms with Crippen LogP contribution in [0.5, 0.6) is 0 Å². The van der Waals surface area contributed by atoms with Crippen LogP contribution in [0.15, 0.2) is 18.3 Å². The van der Waals surface area contributed by atoms with Gasteiger partial charge in [-0.05, 0) is 18.9 Å². The Morgan fingerprint density at radius 3 is 2.40 bits per heavy atom. The van der Waals surface area contributed by atoms with Crippen LogP contribution in [-0.4, -0.2) is 52.8 Å². The highest BCUT2D eigenvalue weighted by atomic mass is 19.1. The Kier molecular flexibility index (Phi) is 3.38. The minimum absolute atomic E-state index is 0.204. The van der Waals surface area contributed by atoms with Gasteiger partial charge in [0.1, 0.15) is 0 Å². The normalized spacial score (nSPS) is 19.1. The molecule has 106 valence electrons. The van der Waals surface area contributed by atoms with Gasteiger partial charge in [-0.3, -0.25) is 9.59 Å². The number of hydrogen-bond acceptors (Lipinski definition) is 3. The highest BCUT2D eigenvalue weighted by molar-refractivity contribution is 5.94. The molecule has 2 aliphatic rings. The Balaban J connectivity index is 1.60. The Bertz CT molecular complexity index is 537. The lowest BCUT2D eigenvalue weighted by atomic mass is 10.2. The van der Waals surface area contributed by atoms with Crippen molar-refractivity contribution < 1.29 is 14.0 Å². The molecule has 3 rings (SSSR count). The Hall–Kier alpha value is -1.98. The van der Waals surface area contributed by atoms with Gasteiger partial charge < -0.3 is 9.80 Å². The highest BCUT2D eigenvalue weighted by Gasteiger charge is 2.35. The lowest BCUT2D eigenvalue weighted by Crippen LogP contribution is -2.51. The van der Waals surface area contributed by atoms with Crippen molar-refractivity contribution in [1.82, 2.24) is 14.8 Å². The van der Waals surface area contributed by atoms with Crippen LogP contribution in [0.3, 0.4) is 0 Å². The third kappa shape index (κ3) is 2.64. The fourth-order valence-electron chi connectivity index (χ4n) is 2.44. The van der Waals surface area contributed by atoms with E-state index in [9.17, 15) is 14.0 Å². The molecule has 0 aromatic carbocycles. The fourth-order valence-corrected chi connectivity index (χ4v) is 2.44. The first kappa shape index (κ1) is 13.0. The molecule has 0 radical (unpaired) electrons. The number of pyridine rings is 1. The van der Waals surface area contributed by atoms with Crippen molar-refractivity contribution in [2.75, 3.05) is 26.2 Å².